The number of fused-ring (bicyclic) bond motifs is 2. The quantitative estimate of drug-likeness (QED) is 0.540. The fraction of sp³-hybridized carbons (Fsp3) is 0.429. The third-order valence-electron chi connectivity index (χ3n) is 7.34. The van der Waals surface area contributed by atoms with Crippen LogP contribution in [0.3, 0.4) is 0 Å². The molecule has 5 rings (SSSR count). The number of hydrogen-bond donors (Lipinski definition) is 2. The highest BCUT2D eigenvalue weighted by atomic mass is 19.4. The number of ether oxygens (including phenoxy) is 2. The lowest BCUT2D eigenvalue weighted by Crippen LogP contribution is -2.50. The van der Waals surface area contributed by atoms with E-state index >= 15 is 0 Å². The number of allylic oxidation sites excluding steroid dienone is 1. The van der Waals surface area contributed by atoms with Gasteiger partial charge in [-0.05, 0) is 74.1 Å². The molecule has 1 fully saturated rings. The minimum atomic E-state index is -4.48. The third kappa shape index (κ3) is 5.56. The van der Waals surface area contributed by atoms with Gasteiger partial charge in [0.05, 0.1) is 24.8 Å². The molecule has 1 saturated heterocycles. The number of likely N-dealkylation sites (tertiary alicyclic amines) is 1. The van der Waals surface area contributed by atoms with Crippen molar-refractivity contribution in [1.82, 2.24) is 4.90 Å². The maximum Gasteiger partial charge on any atom is 0.416 e. The van der Waals surface area contributed by atoms with E-state index in [0.717, 1.165) is 37.1 Å². The van der Waals surface area contributed by atoms with Crippen LogP contribution in [0.15, 0.2) is 42.5 Å². The number of hydrogen-bond acceptors (Lipinski definition) is 5. The van der Waals surface area contributed by atoms with Gasteiger partial charge in [0.25, 0.3) is 0 Å². The number of alkyl halides is 3. The van der Waals surface area contributed by atoms with E-state index in [9.17, 15) is 22.8 Å². The van der Waals surface area contributed by atoms with Crippen LogP contribution in [0.25, 0.3) is 5.57 Å². The first-order chi connectivity index (χ1) is 18.2. The maximum absolute atomic E-state index is 13.1. The van der Waals surface area contributed by atoms with Crippen LogP contribution in [0.1, 0.15) is 42.4 Å². The molecule has 3 aliphatic rings. The van der Waals surface area contributed by atoms with Gasteiger partial charge >= 0.3 is 6.18 Å². The molecule has 1 unspecified atom stereocenters. The van der Waals surface area contributed by atoms with Crippen LogP contribution >= 0.6 is 0 Å². The first-order valence-corrected chi connectivity index (χ1v) is 12.8. The summed E-state index contributed by atoms with van der Waals surface area (Å²) in [5.41, 5.74) is 2.45. The van der Waals surface area contributed by atoms with Crippen molar-refractivity contribution >= 4 is 28.8 Å². The minimum absolute atomic E-state index is 0.0700. The number of carbonyl (C=O) groups excluding carboxylic acids is 2. The summed E-state index contributed by atoms with van der Waals surface area (Å²) in [6.07, 6.45) is 0.607. The van der Waals surface area contributed by atoms with E-state index in [1.54, 1.807) is 19.2 Å². The minimum Gasteiger partial charge on any atom is -0.493 e. The highest BCUT2D eigenvalue weighted by Gasteiger charge is 2.37. The molecule has 3 aliphatic heterocycles. The fourth-order valence-electron chi connectivity index (χ4n) is 5.52. The largest absolute Gasteiger partial charge is 0.493 e. The second-order valence-electron chi connectivity index (χ2n) is 9.89. The Labute approximate surface area is 219 Å². The van der Waals surface area contributed by atoms with Crippen molar-refractivity contribution in [3.8, 4) is 5.75 Å². The van der Waals surface area contributed by atoms with Crippen LogP contribution in [0.5, 0.6) is 5.75 Å². The maximum atomic E-state index is 13.1. The first kappa shape index (κ1) is 26.2. The Kier molecular flexibility index (Phi) is 7.45. The average Bonchev–Trinajstić information content (AvgIpc) is 3.23. The molecule has 2 N–H and O–H groups in total. The lowest BCUT2D eigenvalue weighted by Gasteiger charge is -2.35. The predicted molar refractivity (Wildman–Crippen MR) is 137 cm³/mol. The number of rotatable bonds is 5. The van der Waals surface area contributed by atoms with Crippen molar-refractivity contribution in [2.75, 3.05) is 37.5 Å². The van der Waals surface area contributed by atoms with E-state index in [1.165, 1.54) is 12.1 Å². The van der Waals surface area contributed by atoms with E-state index in [-0.39, 0.29) is 30.3 Å². The predicted octanol–water partition coefficient (Wildman–Crippen LogP) is 4.87. The molecule has 10 heteroatoms. The second-order valence-corrected chi connectivity index (χ2v) is 9.89. The van der Waals surface area contributed by atoms with Gasteiger partial charge in [-0.3, -0.25) is 14.5 Å². The third-order valence-corrected chi connectivity index (χ3v) is 7.34. The van der Waals surface area contributed by atoms with Crippen molar-refractivity contribution in [3.63, 3.8) is 0 Å². The van der Waals surface area contributed by atoms with Gasteiger partial charge in [-0.2, -0.15) is 13.2 Å². The van der Waals surface area contributed by atoms with Crippen molar-refractivity contribution < 1.29 is 32.2 Å². The van der Waals surface area contributed by atoms with Crippen LogP contribution in [0.2, 0.25) is 0 Å². The fourth-order valence-corrected chi connectivity index (χ4v) is 5.52. The number of halogens is 3. The Hall–Kier alpha value is -3.37. The van der Waals surface area contributed by atoms with Crippen LogP contribution in [0, 0.1) is 0 Å². The molecular weight excluding hydrogens is 499 g/mol. The zero-order chi connectivity index (χ0) is 26.9. The van der Waals surface area contributed by atoms with Gasteiger partial charge in [0.1, 0.15) is 5.75 Å². The molecule has 2 aromatic rings. The molecule has 0 bridgehead atoms. The molecule has 0 spiro atoms. The molecule has 2 atom stereocenters. The molecule has 7 nitrogen and oxygen atoms in total. The van der Waals surface area contributed by atoms with Crippen molar-refractivity contribution in [2.24, 2.45) is 0 Å². The number of nitrogens with zero attached hydrogens (tertiary/aromatic N) is 1. The van der Waals surface area contributed by atoms with E-state index in [4.69, 9.17) is 9.47 Å². The molecule has 0 aromatic heterocycles. The number of carbonyl (C=O) groups is 2. The molecule has 0 aliphatic carbocycles. The van der Waals surface area contributed by atoms with Gasteiger partial charge in [0.2, 0.25) is 11.8 Å². The average molecular weight is 530 g/mol. The van der Waals surface area contributed by atoms with Crippen LogP contribution in [-0.4, -0.2) is 55.7 Å². The van der Waals surface area contributed by atoms with E-state index < -0.39 is 17.6 Å². The van der Waals surface area contributed by atoms with Crippen molar-refractivity contribution in [3.05, 3.63) is 59.2 Å². The molecule has 202 valence electrons. The lowest BCUT2D eigenvalue weighted by molar-refractivity contribution is -0.137. The lowest BCUT2D eigenvalue weighted by atomic mass is 9.96. The Morgan fingerprint density at radius 3 is 2.87 bits per heavy atom. The molecule has 2 amide bonds. The second kappa shape index (κ2) is 10.8. The van der Waals surface area contributed by atoms with Crippen molar-refractivity contribution in [2.45, 2.75) is 50.4 Å². The highest BCUT2D eigenvalue weighted by Crippen LogP contribution is 2.38. The zero-order valence-corrected chi connectivity index (χ0v) is 21.1. The Balaban J connectivity index is 1.30. The van der Waals surface area contributed by atoms with Gasteiger partial charge in [-0.1, -0.05) is 12.1 Å². The molecule has 2 aromatic carbocycles. The summed E-state index contributed by atoms with van der Waals surface area (Å²) in [7, 11) is 1.67. The number of methoxy groups -OCH3 is 1. The number of amides is 2. The normalized spacial score (nSPS) is 22.7. The summed E-state index contributed by atoms with van der Waals surface area (Å²) in [6.45, 7) is 1.72. The smallest absolute Gasteiger partial charge is 0.416 e. The summed E-state index contributed by atoms with van der Waals surface area (Å²) in [5, 5.41) is 5.80. The van der Waals surface area contributed by atoms with Crippen LogP contribution < -0.4 is 15.4 Å². The van der Waals surface area contributed by atoms with Crippen molar-refractivity contribution in [1.29, 1.82) is 0 Å². The Bertz CT molecular complexity index is 1260. The Morgan fingerprint density at radius 1 is 1.24 bits per heavy atom. The molecule has 38 heavy (non-hydrogen) atoms. The summed E-state index contributed by atoms with van der Waals surface area (Å²) >= 11 is 0. The molecular formula is C28H30F3N3O4. The van der Waals surface area contributed by atoms with E-state index in [2.05, 4.69) is 15.5 Å². The summed E-state index contributed by atoms with van der Waals surface area (Å²) in [6, 6.07) is 8.72. The topological polar surface area (TPSA) is 79.9 Å². The standard InChI is InChI=1S/C28H30F3N3O4/c1-37-16-21-5-2-10-34(21)24-12-18-6-8-20(15-23(18)33-27(24)36)32-26(35)13-17-4-3-11-38-25-14-19(28(29,30)31)7-9-22(17)25/h6-9,13-15,21,24H,2-5,10-12,16H2,1H3,(H,32,35)(H,33,36)/b17-13+/t21-,24?/m0/s1. The first-order valence-electron chi connectivity index (χ1n) is 12.8. The summed E-state index contributed by atoms with van der Waals surface area (Å²) in [5.74, 6) is -0.361. The van der Waals surface area contributed by atoms with E-state index in [1.807, 2.05) is 6.07 Å². The number of nitrogens with one attached hydrogen (secondary N) is 2. The Morgan fingerprint density at radius 2 is 2.08 bits per heavy atom. The van der Waals surface area contributed by atoms with Gasteiger partial charge in [-0.25, -0.2) is 0 Å². The van der Waals surface area contributed by atoms with Gasteiger partial charge < -0.3 is 20.1 Å². The van der Waals surface area contributed by atoms with Crippen LogP contribution in [0.4, 0.5) is 24.5 Å². The number of anilines is 2. The van der Waals surface area contributed by atoms with Gasteiger partial charge in [0.15, 0.2) is 0 Å². The van der Waals surface area contributed by atoms with E-state index in [0.29, 0.717) is 48.4 Å². The zero-order valence-electron chi connectivity index (χ0n) is 21.1. The number of benzene rings is 2. The van der Waals surface area contributed by atoms with Gasteiger partial charge in [-0.15, -0.1) is 0 Å². The monoisotopic (exact) mass is 529 g/mol. The SMILES string of the molecule is COC[C@@H]1CCCN1C1Cc2ccc(NC(=O)/C=C3\CCCOc4cc(C(F)(F)F)ccc43)cc2NC1=O. The molecule has 0 saturated carbocycles. The van der Waals surface area contributed by atoms with Gasteiger partial charge in [0, 0.05) is 36.2 Å². The summed E-state index contributed by atoms with van der Waals surface area (Å²) < 4.78 is 50.3. The molecule has 0 radical (unpaired) electrons. The molecule has 3 heterocycles. The highest BCUT2D eigenvalue weighted by molar-refractivity contribution is 6.05. The summed E-state index contributed by atoms with van der Waals surface area (Å²) in [4.78, 5) is 28.0. The van der Waals surface area contributed by atoms with Crippen LogP contribution in [-0.2, 0) is 26.9 Å².